The lowest BCUT2D eigenvalue weighted by Crippen LogP contribution is -2.40. The van der Waals surface area contributed by atoms with E-state index in [4.69, 9.17) is 0 Å². The highest BCUT2D eigenvalue weighted by Gasteiger charge is 2.10. The SMILES string of the molecule is CCN(CC)CC(=O)NCC(=O)Nc1c(C)cccc1C. The van der Waals surface area contributed by atoms with E-state index in [1.807, 2.05) is 50.8 Å². The summed E-state index contributed by atoms with van der Waals surface area (Å²) in [4.78, 5) is 25.6. The van der Waals surface area contributed by atoms with Gasteiger partial charge >= 0.3 is 0 Å². The second-order valence-corrected chi connectivity index (χ2v) is 5.05. The Hall–Kier alpha value is -1.88. The minimum atomic E-state index is -0.208. The summed E-state index contributed by atoms with van der Waals surface area (Å²) in [6.07, 6.45) is 0. The Morgan fingerprint density at radius 3 is 2.14 bits per heavy atom. The molecule has 0 heterocycles. The topological polar surface area (TPSA) is 61.4 Å². The van der Waals surface area contributed by atoms with Crippen molar-refractivity contribution in [2.75, 3.05) is 31.5 Å². The van der Waals surface area contributed by atoms with Crippen LogP contribution in [0.2, 0.25) is 0 Å². The predicted octanol–water partition coefficient (Wildman–Crippen LogP) is 1.70. The third-order valence-electron chi connectivity index (χ3n) is 3.45. The normalized spacial score (nSPS) is 10.5. The van der Waals surface area contributed by atoms with E-state index in [1.165, 1.54) is 0 Å². The van der Waals surface area contributed by atoms with Crippen LogP contribution < -0.4 is 10.6 Å². The van der Waals surface area contributed by atoms with Crippen molar-refractivity contribution in [3.8, 4) is 0 Å². The fraction of sp³-hybridized carbons (Fsp3) is 0.500. The second-order valence-electron chi connectivity index (χ2n) is 5.05. The summed E-state index contributed by atoms with van der Waals surface area (Å²) in [5.41, 5.74) is 2.84. The summed E-state index contributed by atoms with van der Waals surface area (Å²) < 4.78 is 0. The Balaban J connectivity index is 2.46. The molecule has 5 nitrogen and oxygen atoms in total. The first-order valence-electron chi connectivity index (χ1n) is 7.33. The minimum absolute atomic E-state index is 0.00608. The van der Waals surface area contributed by atoms with Crippen LogP contribution in [0.4, 0.5) is 5.69 Å². The predicted molar refractivity (Wildman–Crippen MR) is 85.3 cm³/mol. The molecule has 2 N–H and O–H groups in total. The number of nitrogens with zero attached hydrogens (tertiary/aromatic N) is 1. The molecule has 0 saturated heterocycles. The number of anilines is 1. The number of likely N-dealkylation sites (N-methyl/N-ethyl adjacent to an activating group) is 1. The van der Waals surface area contributed by atoms with Gasteiger partial charge in [-0.1, -0.05) is 32.0 Å². The summed E-state index contributed by atoms with van der Waals surface area (Å²) in [7, 11) is 0. The number of carbonyl (C=O) groups is 2. The lowest BCUT2D eigenvalue weighted by Gasteiger charge is -2.17. The summed E-state index contributed by atoms with van der Waals surface area (Å²) in [5.74, 6) is -0.337. The largest absolute Gasteiger partial charge is 0.346 e. The Morgan fingerprint density at radius 1 is 1.05 bits per heavy atom. The first kappa shape index (κ1) is 17.2. The molecule has 0 unspecified atom stereocenters. The Kier molecular flexibility index (Phi) is 6.88. The van der Waals surface area contributed by atoms with Gasteiger partial charge < -0.3 is 10.6 Å². The van der Waals surface area contributed by atoms with Gasteiger partial charge in [-0.25, -0.2) is 0 Å². The number of aryl methyl sites for hydroxylation is 2. The Morgan fingerprint density at radius 2 is 1.62 bits per heavy atom. The van der Waals surface area contributed by atoms with E-state index >= 15 is 0 Å². The number of hydrogen-bond acceptors (Lipinski definition) is 3. The summed E-state index contributed by atoms with van der Waals surface area (Å²) in [6, 6.07) is 5.84. The molecule has 0 aliphatic rings. The van der Waals surface area contributed by atoms with Crippen molar-refractivity contribution < 1.29 is 9.59 Å². The lowest BCUT2D eigenvalue weighted by atomic mass is 10.1. The maximum atomic E-state index is 11.9. The lowest BCUT2D eigenvalue weighted by molar-refractivity contribution is -0.125. The van der Waals surface area contributed by atoms with Crippen molar-refractivity contribution in [1.29, 1.82) is 0 Å². The summed E-state index contributed by atoms with van der Waals surface area (Å²) in [5, 5.41) is 5.50. The van der Waals surface area contributed by atoms with E-state index in [1.54, 1.807) is 0 Å². The summed E-state index contributed by atoms with van der Waals surface area (Å²) >= 11 is 0. The van der Waals surface area contributed by atoms with Gasteiger partial charge in [-0.3, -0.25) is 14.5 Å². The maximum Gasteiger partial charge on any atom is 0.243 e. The van der Waals surface area contributed by atoms with Crippen molar-refractivity contribution >= 4 is 17.5 Å². The molecule has 1 rings (SSSR count). The number of nitrogens with one attached hydrogen (secondary N) is 2. The van der Waals surface area contributed by atoms with Crippen molar-refractivity contribution in [3.63, 3.8) is 0 Å². The number of carbonyl (C=O) groups excluding carboxylic acids is 2. The minimum Gasteiger partial charge on any atom is -0.346 e. The van der Waals surface area contributed by atoms with E-state index in [9.17, 15) is 9.59 Å². The third kappa shape index (κ3) is 5.55. The number of para-hydroxylation sites is 1. The smallest absolute Gasteiger partial charge is 0.243 e. The molecule has 0 aromatic heterocycles. The molecular weight excluding hydrogens is 266 g/mol. The molecule has 5 heteroatoms. The highest BCUT2D eigenvalue weighted by Crippen LogP contribution is 2.18. The standard InChI is InChI=1S/C16H25N3O2/c1-5-19(6-2)11-15(21)17-10-14(20)18-16-12(3)8-7-9-13(16)4/h7-9H,5-6,10-11H2,1-4H3,(H,17,21)(H,18,20). The zero-order valence-electron chi connectivity index (χ0n) is 13.3. The third-order valence-corrected chi connectivity index (χ3v) is 3.45. The van der Waals surface area contributed by atoms with Crippen LogP contribution >= 0.6 is 0 Å². The monoisotopic (exact) mass is 291 g/mol. The molecule has 0 atom stereocenters. The Bertz CT molecular complexity index is 476. The van der Waals surface area contributed by atoms with Crippen LogP contribution in [-0.4, -0.2) is 42.9 Å². The molecule has 0 radical (unpaired) electrons. The van der Waals surface area contributed by atoms with E-state index in [0.717, 1.165) is 29.9 Å². The van der Waals surface area contributed by atoms with Gasteiger partial charge in [-0.15, -0.1) is 0 Å². The van der Waals surface area contributed by atoms with Crippen LogP contribution in [0, 0.1) is 13.8 Å². The molecule has 0 fully saturated rings. The van der Waals surface area contributed by atoms with Crippen LogP contribution in [0.15, 0.2) is 18.2 Å². The number of benzene rings is 1. The number of hydrogen-bond donors (Lipinski definition) is 2. The molecule has 0 spiro atoms. The van der Waals surface area contributed by atoms with Crippen LogP contribution in [0.25, 0.3) is 0 Å². The fourth-order valence-corrected chi connectivity index (χ4v) is 2.08. The van der Waals surface area contributed by atoms with Gasteiger partial charge in [0.1, 0.15) is 0 Å². The van der Waals surface area contributed by atoms with Gasteiger partial charge in [0.25, 0.3) is 0 Å². The van der Waals surface area contributed by atoms with Crippen LogP contribution in [0.5, 0.6) is 0 Å². The van der Waals surface area contributed by atoms with Crippen LogP contribution in [0.1, 0.15) is 25.0 Å². The molecule has 0 aliphatic heterocycles. The molecule has 0 saturated carbocycles. The van der Waals surface area contributed by atoms with Gasteiger partial charge in [0.2, 0.25) is 11.8 Å². The Labute approximate surface area is 126 Å². The molecule has 0 aliphatic carbocycles. The van der Waals surface area contributed by atoms with Crippen molar-refractivity contribution in [1.82, 2.24) is 10.2 Å². The molecule has 0 bridgehead atoms. The van der Waals surface area contributed by atoms with Gasteiger partial charge in [0, 0.05) is 5.69 Å². The van der Waals surface area contributed by atoms with E-state index in [-0.39, 0.29) is 18.4 Å². The van der Waals surface area contributed by atoms with Gasteiger partial charge in [-0.2, -0.15) is 0 Å². The molecule has 116 valence electrons. The van der Waals surface area contributed by atoms with Gasteiger partial charge in [0.05, 0.1) is 13.1 Å². The molecule has 2 amide bonds. The van der Waals surface area contributed by atoms with Gasteiger partial charge in [0.15, 0.2) is 0 Å². The van der Waals surface area contributed by atoms with Crippen LogP contribution in [-0.2, 0) is 9.59 Å². The van der Waals surface area contributed by atoms with Crippen molar-refractivity contribution in [2.45, 2.75) is 27.7 Å². The van der Waals surface area contributed by atoms with E-state index in [0.29, 0.717) is 6.54 Å². The zero-order valence-corrected chi connectivity index (χ0v) is 13.3. The van der Waals surface area contributed by atoms with Crippen molar-refractivity contribution in [3.05, 3.63) is 29.3 Å². The maximum absolute atomic E-state index is 11.9. The highest BCUT2D eigenvalue weighted by atomic mass is 16.2. The number of rotatable bonds is 7. The first-order chi connectivity index (χ1) is 9.97. The van der Waals surface area contributed by atoms with E-state index in [2.05, 4.69) is 10.6 Å². The molecule has 21 heavy (non-hydrogen) atoms. The van der Waals surface area contributed by atoms with E-state index < -0.39 is 0 Å². The fourth-order valence-electron chi connectivity index (χ4n) is 2.08. The first-order valence-corrected chi connectivity index (χ1v) is 7.33. The van der Waals surface area contributed by atoms with Gasteiger partial charge in [-0.05, 0) is 38.1 Å². The number of amides is 2. The highest BCUT2D eigenvalue weighted by molar-refractivity contribution is 5.95. The average molecular weight is 291 g/mol. The molecule has 1 aromatic carbocycles. The quantitative estimate of drug-likeness (QED) is 0.804. The second kappa shape index (κ2) is 8.42. The van der Waals surface area contributed by atoms with Crippen LogP contribution in [0.3, 0.4) is 0 Å². The molecule has 1 aromatic rings. The average Bonchev–Trinajstić information content (AvgIpc) is 2.46. The molecular formula is C16H25N3O2. The summed E-state index contributed by atoms with van der Waals surface area (Å²) in [6.45, 7) is 9.85. The van der Waals surface area contributed by atoms with Crippen molar-refractivity contribution in [2.24, 2.45) is 0 Å². The zero-order chi connectivity index (χ0) is 15.8.